The normalized spacial score (nSPS) is 18.2. The first kappa shape index (κ1) is 23.4. The van der Waals surface area contributed by atoms with Gasteiger partial charge < -0.3 is 24.7 Å². The minimum Gasteiger partial charge on any atom is -0.462 e. The summed E-state index contributed by atoms with van der Waals surface area (Å²) in [5.74, 6) is -1.32. The number of fused-ring (bicyclic) bond motifs is 4. The molecule has 0 fully saturated rings. The predicted molar refractivity (Wildman–Crippen MR) is 135 cm³/mol. The van der Waals surface area contributed by atoms with E-state index in [1.165, 1.54) is 0 Å². The van der Waals surface area contributed by atoms with Crippen LogP contribution in [0.2, 0.25) is 0 Å². The Bertz CT molecular complexity index is 1470. The summed E-state index contributed by atoms with van der Waals surface area (Å²) >= 11 is 0. The third-order valence-corrected chi connectivity index (χ3v) is 6.83. The van der Waals surface area contributed by atoms with Crippen LogP contribution in [0.5, 0.6) is 5.75 Å². The average molecular weight is 486 g/mol. The Kier molecular flexibility index (Phi) is 5.67. The van der Waals surface area contributed by atoms with Gasteiger partial charge in [-0.1, -0.05) is 48.5 Å². The number of aryl methyl sites for hydroxylation is 1. The Balaban J connectivity index is 1.87. The molecular formula is C28H27N3O5. The summed E-state index contributed by atoms with van der Waals surface area (Å²) in [5.41, 5.74) is 6.67. The van der Waals surface area contributed by atoms with Crippen LogP contribution in [0.4, 0.5) is 5.69 Å². The lowest BCUT2D eigenvalue weighted by atomic mass is 9.68. The van der Waals surface area contributed by atoms with Crippen molar-refractivity contribution in [1.82, 2.24) is 4.57 Å². The van der Waals surface area contributed by atoms with Gasteiger partial charge in [0.1, 0.15) is 16.7 Å². The Morgan fingerprint density at radius 3 is 2.44 bits per heavy atom. The molecule has 1 amide bonds. The van der Waals surface area contributed by atoms with Gasteiger partial charge in [0.15, 0.2) is 0 Å². The second kappa shape index (κ2) is 8.71. The molecule has 1 aromatic heterocycles. The Labute approximate surface area is 208 Å². The first-order valence-corrected chi connectivity index (χ1v) is 11.9. The summed E-state index contributed by atoms with van der Waals surface area (Å²) in [6.07, 6.45) is 0. The number of nitrogens with zero attached hydrogens (tertiary/aromatic N) is 2. The minimum atomic E-state index is -1.79. The van der Waals surface area contributed by atoms with E-state index in [0.717, 1.165) is 5.56 Å². The molecule has 36 heavy (non-hydrogen) atoms. The summed E-state index contributed by atoms with van der Waals surface area (Å²) < 4.78 is 12.8. The highest BCUT2D eigenvalue weighted by Gasteiger charge is 2.62. The largest absolute Gasteiger partial charge is 0.462 e. The molecule has 2 aromatic carbocycles. The number of carbonyl (C=O) groups is 2. The molecule has 1 atom stereocenters. The van der Waals surface area contributed by atoms with E-state index >= 15 is 0 Å². The number of benzene rings is 2. The van der Waals surface area contributed by atoms with Crippen LogP contribution in [0, 0.1) is 6.92 Å². The van der Waals surface area contributed by atoms with Gasteiger partial charge in [-0.2, -0.15) is 0 Å². The maximum Gasteiger partial charge on any atom is 0.341 e. The number of hydrogen-bond acceptors (Lipinski definition) is 6. The number of carbonyl (C=O) groups excluding carboxylic acids is 2. The standard InChI is InChI=1S/C28H27N3O5/c1-4-30-20-14-10-9-13-19(20)28(27(30)34)22-21(36-24(29)23(28)26(33)35-5-2)15-17(3)31(25(22)32)16-18-11-7-6-8-12-18/h6-15H,4-5,16,29H2,1-3H3. The van der Waals surface area contributed by atoms with Crippen molar-refractivity contribution in [2.24, 2.45) is 5.73 Å². The number of aromatic nitrogens is 1. The topological polar surface area (TPSA) is 104 Å². The lowest BCUT2D eigenvalue weighted by molar-refractivity contribution is -0.140. The van der Waals surface area contributed by atoms with Crippen molar-refractivity contribution in [3.05, 3.63) is 105 Å². The predicted octanol–water partition coefficient (Wildman–Crippen LogP) is 2.98. The van der Waals surface area contributed by atoms with Crippen LogP contribution in [0.3, 0.4) is 0 Å². The number of pyridine rings is 1. The zero-order valence-corrected chi connectivity index (χ0v) is 20.4. The van der Waals surface area contributed by atoms with E-state index < -0.39 is 22.9 Å². The Morgan fingerprint density at radius 1 is 1.06 bits per heavy atom. The zero-order chi connectivity index (χ0) is 25.6. The molecule has 1 spiro atoms. The van der Waals surface area contributed by atoms with Crippen molar-refractivity contribution in [2.75, 3.05) is 18.1 Å². The fourth-order valence-corrected chi connectivity index (χ4v) is 5.32. The molecule has 8 nitrogen and oxygen atoms in total. The lowest BCUT2D eigenvalue weighted by Crippen LogP contribution is -2.52. The number of para-hydroxylation sites is 1. The molecule has 2 aliphatic rings. The second-order valence-electron chi connectivity index (χ2n) is 8.78. The number of amides is 1. The van der Waals surface area contributed by atoms with Gasteiger partial charge in [-0.15, -0.1) is 0 Å². The second-order valence-corrected chi connectivity index (χ2v) is 8.78. The van der Waals surface area contributed by atoms with E-state index in [-0.39, 0.29) is 35.9 Å². The van der Waals surface area contributed by atoms with Gasteiger partial charge in [-0.3, -0.25) is 9.59 Å². The van der Waals surface area contributed by atoms with Crippen molar-refractivity contribution in [3.63, 3.8) is 0 Å². The van der Waals surface area contributed by atoms with E-state index in [0.29, 0.717) is 23.5 Å². The molecule has 0 aliphatic carbocycles. The van der Waals surface area contributed by atoms with Crippen LogP contribution in [0.15, 0.2) is 76.9 Å². The quantitative estimate of drug-likeness (QED) is 0.558. The molecule has 0 bridgehead atoms. The van der Waals surface area contributed by atoms with Crippen LogP contribution in [-0.2, 0) is 26.3 Å². The number of ether oxygens (including phenoxy) is 2. The van der Waals surface area contributed by atoms with Gasteiger partial charge in [0.05, 0.1) is 18.7 Å². The highest BCUT2D eigenvalue weighted by molar-refractivity contribution is 6.18. The van der Waals surface area contributed by atoms with Gasteiger partial charge in [0.2, 0.25) is 11.8 Å². The van der Waals surface area contributed by atoms with Gasteiger partial charge >= 0.3 is 5.97 Å². The number of hydrogen-bond donors (Lipinski definition) is 1. The van der Waals surface area contributed by atoms with Crippen LogP contribution in [0.1, 0.15) is 36.2 Å². The van der Waals surface area contributed by atoms with E-state index in [1.54, 1.807) is 47.6 Å². The Morgan fingerprint density at radius 2 is 1.75 bits per heavy atom. The third kappa shape index (κ3) is 3.17. The third-order valence-electron chi connectivity index (χ3n) is 6.83. The van der Waals surface area contributed by atoms with E-state index in [1.807, 2.05) is 43.3 Å². The van der Waals surface area contributed by atoms with Crippen molar-refractivity contribution in [3.8, 4) is 5.75 Å². The first-order valence-electron chi connectivity index (χ1n) is 11.9. The molecule has 8 heteroatoms. The monoisotopic (exact) mass is 485 g/mol. The first-order chi connectivity index (χ1) is 17.4. The van der Waals surface area contributed by atoms with Gasteiger partial charge in [0.25, 0.3) is 5.56 Å². The smallest absolute Gasteiger partial charge is 0.341 e. The molecule has 0 saturated carbocycles. The fourth-order valence-electron chi connectivity index (χ4n) is 5.32. The van der Waals surface area contributed by atoms with Crippen molar-refractivity contribution in [1.29, 1.82) is 0 Å². The molecule has 0 saturated heterocycles. The highest BCUT2D eigenvalue weighted by atomic mass is 16.5. The lowest BCUT2D eigenvalue weighted by Gasteiger charge is -2.36. The minimum absolute atomic E-state index is 0.0645. The number of esters is 1. The van der Waals surface area contributed by atoms with Crippen LogP contribution in [-0.4, -0.2) is 29.6 Å². The fraction of sp³-hybridized carbons (Fsp3) is 0.250. The maximum atomic E-state index is 14.3. The number of likely N-dealkylation sites (N-methyl/N-ethyl adjacent to an activating group) is 1. The molecule has 184 valence electrons. The molecule has 1 unspecified atom stereocenters. The number of anilines is 1. The zero-order valence-electron chi connectivity index (χ0n) is 20.4. The van der Waals surface area contributed by atoms with Crippen molar-refractivity contribution < 1.29 is 19.1 Å². The maximum absolute atomic E-state index is 14.3. The highest BCUT2D eigenvalue weighted by Crippen LogP contribution is 2.54. The molecule has 2 aliphatic heterocycles. The van der Waals surface area contributed by atoms with Crippen LogP contribution >= 0.6 is 0 Å². The summed E-state index contributed by atoms with van der Waals surface area (Å²) in [6, 6.07) is 18.4. The van der Waals surface area contributed by atoms with E-state index in [9.17, 15) is 14.4 Å². The number of nitrogens with two attached hydrogens (primary N) is 1. The molecule has 2 N–H and O–H groups in total. The van der Waals surface area contributed by atoms with Crippen LogP contribution < -0.4 is 20.9 Å². The van der Waals surface area contributed by atoms with Crippen LogP contribution in [0.25, 0.3) is 0 Å². The average Bonchev–Trinajstić information content (AvgIpc) is 3.10. The molecule has 5 rings (SSSR count). The Hall–Kier alpha value is -4.33. The summed E-state index contributed by atoms with van der Waals surface area (Å²) in [4.78, 5) is 43.5. The van der Waals surface area contributed by atoms with Gasteiger partial charge in [0, 0.05) is 29.6 Å². The van der Waals surface area contributed by atoms with E-state index in [4.69, 9.17) is 15.2 Å². The summed E-state index contributed by atoms with van der Waals surface area (Å²) in [5, 5.41) is 0. The van der Waals surface area contributed by atoms with Crippen molar-refractivity contribution >= 4 is 17.6 Å². The molecule has 3 aromatic rings. The van der Waals surface area contributed by atoms with Gasteiger partial charge in [-0.25, -0.2) is 4.79 Å². The SMILES string of the molecule is CCOC(=O)C1=C(N)Oc2cc(C)n(Cc3ccccc3)c(=O)c2C12C(=O)N(CC)c1ccccc12. The molecule has 0 radical (unpaired) electrons. The molecule has 3 heterocycles. The van der Waals surface area contributed by atoms with Gasteiger partial charge in [-0.05, 0) is 32.4 Å². The summed E-state index contributed by atoms with van der Waals surface area (Å²) in [7, 11) is 0. The molecular weight excluding hydrogens is 458 g/mol. The van der Waals surface area contributed by atoms with E-state index in [2.05, 4.69) is 0 Å². The summed E-state index contributed by atoms with van der Waals surface area (Å²) in [6.45, 7) is 6.00. The van der Waals surface area contributed by atoms with Crippen molar-refractivity contribution in [2.45, 2.75) is 32.7 Å². The number of rotatable bonds is 5.